The first-order valence-electron chi connectivity index (χ1n) is 5.66. The molecule has 0 aliphatic carbocycles. The van der Waals surface area contributed by atoms with Crippen LogP contribution in [0.4, 0.5) is 10.1 Å². The van der Waals surface area contributed by atoms with Crippen LogP contribution in [0.25, 0.3) is 0 Å². The van der Waals surface area contributed by atoms with Crippen molar-refractivity contribution in [3.8, 4) is 5.75 Å². The lowest BCUT2D eigenvalue weighted by Crippen LogP contribution is -2.35. The maximum absolute atomic E-state index is 13.2. The number of methoxy groups -OCH3 is 1. The number of aliphatic hydroxyl groups excluding tert-OH is 1. The van der Waals surface area contributed by atoms with Crippen LogP contribution in [0.3, 0.4) is 0 Å². The Hall–Kier alpha value is -1.66. The van der Waals surface area contributed by atoms with E-state index in [4.69, 9.17) is 4.74 Å². The number of carbonyl (C=O) groups excluding carboxylic acids is 1. The van der Waals surface area contributed by atoms with Crippen LogP contribution >= 0.6 is 0 Å². The predicted octanol–water partition coefficient (Wildman–Crippen LogP) is 0.496. The molecule has 1 fully saturated rings. The maximum atomic E-state index is 13.2. The van der Waals surface area contributed by atoms with Gasteiger partial charge in [-0.25, -0.2) is 4.39 Å². The van der Waals surface area contributed by atoms with Crippen molar-refractivity contribution in [3.05, 3.63) is 24.0 Å². The minimum absolute atomic E-state index is 0.0761. The second-order valence-corrected chi connectivity index (χ2v) is 4.19. The summed E-state index contributed by atoms with van der Waals surface area (Å²) in [6.07, 6.45) is -0.118. The van der Waals surface area contributed by atoms with Gasteiger partial charge in [0.15, 0.2) is 11.6 Å². The minimum atomic E-state index is -0.497. The third kappa shape index (κ3) is 2.77. The molecule has 1 aromatic carbocycles. The third-order valence-corrected chi connectivity index (χ3v) is 2.84. The van der Waals surface area contributed by atoms with Gasteiger partial charge in [-0.2, -0.15) is 0 Å². The first-order valence-corrected chi connectivity index (χ1v) is 5.66. The Balaban J connectivity index is 2.03. The van der Waals surface area contributed by atoms with E-state index in [0.29, 0.717) is 18.7 Å². The SMILES string of the molecule is COc1cc(NC(=O)C2CC(O)CN2)ccc1F. The summed E-state index contributed by atoms with van der Waals surface area (Å²) in [6.45, 7) is 0.408. The lowest BCUT2D eigenvalue weighted by molar-refractivity contribution is -0.117. The lowest BCUT2D eigenvalue weighted by atomic mass is 10.2. The van der Waals surface area contributed by atoms with Crippen LogP contribution in [0.1, 0.15) is 6.42 Å². The molecule has 0 bridgehead atoms. The van der Waals surface area contributed by atoms with Gasteiger partial charge in [0.25, 0.3) is 0 Å². The molecule has 3 N–H and O–H groups in total. The van der Waals surface area contributed by atoms with Crippen LogP contribution in [0.15, 0.2) is 18.2 Å². The molecule has 6 heteroatoms. The summed E-state index contributed by atoms with van der Waals surface area (Å²) in [5.74, 6) is -0.655. The predicted molar refractivity (Wildman–Crippen MR) is 64.0 cm³/mol. The summed E-state index contributed by atoms with van der Waals surface area (Å²) in [5.41, 5.74) is 0.460. The molecule has 1 saturated heterocycles. The molecule has 18 heavy (non-hydrogen) atoms. The van der Waals surface area contributed by atoms with Crippen LogP contribution in [0, 0.1) is 5.82 Å². The van der Waals surface area contributed by atoms with E-state index in [1.54, 1.807) is 0 Å². The van der Waals surface area contributed by atoms with Crippen molar-refractivity contribution in [1.29, 1.82) is 0 Å². The molecule has 0 saturated carbocycles. The molecule has 0 aromatic heterocycles. The summed E-state index contributed by atoms with van der Waals surface area (Å²) in [5, 5.41) is 14.9. The normalized spacial score (nSPS) is 22.8. The zero-order valence-corrected chi connectivity index (χ0v) is 9.94. The van der Waals surface area contributed by atoms with Crippen LogP contribution in [0.5, 0.6) is 5.75 Å². The molecule has 0 radical (unpaired) electrons. The number of aliphatic hydroxyl groups is 1. The Morgan fingerprint density at radius 1 is 1.61 bits per heavy atom. The second-order valence-electron chi connectivity index (χ2n) is 4.19. The number of benzene rings is 1. The first kappa shape index (κ1) is 12.8. The lowest BCUT2D eigenvalue weighted by Gasteiger charge is -2.12. The zero-order chi connectivity index (χ0) is 13.1. The molecular weight excluding hydrogens is 239 g/mol. The fraction of sp³-hybridized carbons (Fsp3) is 0.417. The van der Waals surface area contributed by atoms with Gasteiger partial charge < -0.3 is 20.5 Å². The molecule has 98 valence electrons. The van der Waals surface area contributed by atoms with Crippen molar-refractivity contribution in [1.82, 2.24) is 5.32 Å². The standard InChI is InChI=1S/C12H15FN2O3/c1-18-11-4-7(2-3-9(11)13)15-12(17)10-5-8(16)6-14-10/h2-4,8,10,14,16H,5-6H2,1H3,(H,15,17). The number of β-amino-alcohol motifs (C(OH)–C–C–N with tert-alkyl or cyclic N) is 1. The molecule has 1 amide bonds. The van der Waals surface area contributed by atoms with E-state index < -0.39 is 18.0 Å². The van der Waals surface area contributed by atoms with Gasteiger partial charge in [-0.05, 0) is 18.6 Å². The van der Waals surface area contributed by atoms with Crippen molar-refractivity contribution >= 4 is 11.6 Å². The maximum Gasteiger partial charge on any atom is 0.241 e. The van der Waals surface area contributed by atoms with Crippen molar-refractivity contribution in [2.75, 3.05) is 19.0 Å². The molecule has 2 atom stereocenters. The van der Waals surface area contributed by atoms with Crippen molar-refractivity contribution in [2.45, 2.75) is 18.6 Å². The molecule has 2 rings (SSSR count). The second kappa shape index (κ2) is 5.32. The number of hydrogen-bond donors (Lipinski definition) is 3. The smallest absolute Gasteiger partial charge is 0.241 e. The molecule has 1 aliphatic heterocycles. The number of hydrogen-bond acceptors (Lipinski definition) is 4. The number of rotatable bonds is 3. The summed E-state index contributed by atoms with van der Waals surface area (Å²) in [7, 11) is 1.36. The van der Waals surface area contributed by atoms with E-state index in [1.165, 1.54) is 25.3 Å². The van der Waals surface area contributed by atoms with E-state index in [9.17, 15) is 14.3 Å². The Morgan fingerprint density at radius 2 is 2.39 bits per heavy atom. The van der Waals surface area contributed by atoms with Gasteiger partial charge in [-0.15, -0.1) is 0 Å². The van der Waals surface area contributed by atoms with E-state index in [2.05, 4.69) is 10.6 Å². The summed E-state index contributed by atoms with van der Waals surface area (Å²) in [4.78, 5) is 11.8. The van der Waals surface area contributed by atoms with Gasteiger partial charge >= 0.3 is 0 Å². The fourth-order valence-corrected chi connectivity index (χ4v) is 1.88. The van der Waals surface area contributed by atoms with E-state index in [0.717, 1.165) is 0 Å². The highest BCUT2D eigenvalue weighted by atomic mass is 19.1. The first-order chi connectivity index (χ1) is 8.60. The Bertz CT molecular complexity index is 453. The molecular formula is C12H15FN2O3. The number of carbonyl (C=O) groups is 1. The molecule has 1 aromatic rings. The quantitative estimate of drug-likeness (QED) is 0.734. The minimum Gasteiger partial charge on any atom is -0.494 e. The highest BCUT2D eigenvalue weighted by Crippen LogP contribution is 2.21. The topological polar surface area (TPSA) is 70.6 Å². The average molecular weight is 254 g/mol. The summed E-state index contributed by atoms with van der Waals surface area (Å²) in [6, 6.07) is 3.68. The number of anilines is 1. The van der Waals surface area contributed by atoms with E-state index >= 15 is 0 Å². The Kier molecular flexibility index (Phi) is 3.78. The Morgan fingerprint density at radius 3 is 3.00 bits per heavy atom. The van der Waals surface area contributed by atoms with Crippen LogP contribution < -0.4 is 15.4 Å². The summed E-state index contributed by atoms with van der Waals surface area (Å²) < 4.78 is 18.0. The largest absolute Gasteiger partial charge is 0.494 e. The van der Waals surface area contributed by atoms with Gasteiger partial charge in [0, 0.05) is 18.3 Å². The fourth-order valence-electron chi connectivity index (χ4n) is 1.88. The molecule has 0 spiro atoms. The zero-order valence-electron chi connectivity index (χ0n) is 9.94. The van der Waals surface area contributed by atoms with Crippen LogP contribution in [0.2, 0.25) is 0 Å². The van der Waals surface area contributed by atoms with Crippen molar-refractivity contribution < 1.29 is 19.0 Å². The number of amides is 1. The molecule has 2 unspecified atom stereocenters. The molecule has 1 heterocycles. The summed E-state index contributed by atoms with van der Waals surface area (Å²) >= 11 is 0. The number of nitrogens with one attached hydrogen (secondary N) is 2. The van der Waals surface area contributed by atoms with Gasteiger partial charge in [-0.1, -0.05) is 0 Å². The van der Waals surface area contributed by atoms with Crippen molar-refractivity contribution in [2.24, 2.45) is 0 Å². The number of ether oxygens (including phenoxy) is 1. The van der Waals surface area contributed by atoms with Crippen LogP contribution in [-0.4, -0.2) is 36.8 Å². The van der Waals surface area contributed by atoms with E-state index in [-0.39, 0.29) is 11.7 Å². The van der Waals surface area contributed by atoms with Gasteiger partial charge in [0.1, 0.15) is 0 Å². The van der Waals surface area contributed by atoms with Crippen LogP contribution in [-0.2, 0) is 4.79 Å². The van der Waals surface area contributed by atoms with Gasteiger partial charge in [0.05, 0.1) is 19.3 Å². The van der Waals surface area contributed by atoms with E-state index in [1.807, 2.05) is 0 Å². The highest BCUT2D eigenvalue weighted by molar-refractivity contribution is 5.95. The monoisotopic (exact) mass is 254 g/mol. The highest BCUT2D eigenvalue weighted by Gasteiger charge is 2.28. The Labute approximate surface area is 104 Å². The van der Waals surface area contributed by atoms with Gasteiger partial charge in [-0.3, -0.25) is 4.79 Å². The third-order valence-electron chi connectivity index (χ3n) is 2.84. The molecule has 1 aliphatic rings. The van der Waals surface area contributed by atoms with Crippen molar-refractivity contribution in [3.63, 3.8) is 0 Å². The molecule has 5 nitrogen and oxygen atoms in total. The average Bonchev–Trinajstić information content (AvgIpc) is 2.78. The number of halogens is 1. The van der Waals surface area contributed by atoms with Gasteiger partial charge in [0.2, 0.25) is 5.91 Å².